The molecule has 2 atom stereocenters. The average molecular weight is 314 g/mol. The Morgan fingerprint density at radius 2 is 2.00 bits per heavy atom. The summed E-state index contributed by atoms with van der Waals surface area (Å²) in [5.74, 6) is 0.233. The molecule has 1 saturated carbocycles. The number of ether oxygens (including phenoxy) is 1. The second-order valence-corrected chi connectivity index (χ2v) is 5.94. The summed E-state index contributed by atoms with van der Waals surface area (Å²) in [6, 6.07) is 8.87. The summed E-state index contributed by atoms with van der Waals surface area (Å²) in [5.41, 5.74) is 0.303. The minimum absolute atomic E-state index is 0.266. The topological polar surface area (TPSA) is 81.2 Å². The molecular formula is C17H18N2O4. The van der Waals surface area contributed by atoms with E-state index in [0.717, 1.165) is 6.42 Å². The van der Waals surface area contributed by atoms with Crippen LogP contribution in [0.3, 0.4) is 0 Å². The lowest BCUT2D eigenvalue weighted by Crippen LogP contribution is -2.31. The van der Waals surface area contributed by atoms with Crippen LogP contribution in [-0.2, 0) is 11.3 Å². The first-order chi connectivity index (χ1) is 11.0. The number of hydrogen-bond donors (Lipinski definition) is 1. The van der Waals surface area contributed by atoms with Gasteiger partial charge in [0, 0.05) is 18.3 Å². The molecule has 0 radical (unpaired) electrons. The maximum Gasteiger partial charge on any atom is 0.338 e. The highest BCUT2D eigenvalue weighted by molar-refractivity contribution is 5.89. The number of benzene rings is 1. The Hall–Kier alpha value is -2.63. The van der Waals surface area contributed by atoms with Crippen molar-refractivity contribution in [3.63, 3.8) is 0 Å². The molecule has 0 bridgehead atoms. The maximum atomic E-state index is 11.9. The highest BCUT2D eigenvalue weighted by Crippen LogP contribution is 2.39. The second kappa shape index (κ2) is 6.24. The van der Waals surface area contributed by atoms with Gasteiger partial charge in [-0.3, -0.25) is 9.78 Å². The largest absolute Gasteiger partial charge is 0.462 e. The number of esters is 1. The van der Waals surface area contributed by atoms with E-state index >= 15 is 0 Å². The number of hydrogen-bond acceptors (Lipinski definition) is 4. The zero-order valence-electron chi connectivity index (χ0n) is 12.8. The minimum Gasteiger partial charge on any atom is -0.462 e. The van der Waals surface area contributed by atoms with E-state index in [1.807, 2.05) is 6.07 Å². The molecule has 0 aliphatic heterocycles. The molecule has 1 aliphatic rings. The lowest BCUT2D eigenvalue weighted by Gasteiger charge is -2.06. The van der Waals surface area contributed by atoms with Gasteiger partial charge < -0.3 is 9.30 Å². The Morgan fingerprint density at radius 1 is 1.26 bits per heavy atom. The van der Waals surface area contributed by atoms with Gasteiger partial charge in [0.25, 0.3) is 5.56 Å². The lowest BCUT2D eigenvalue weighted by atomic mass is 10.2. The predicted octanol–water partition coefficient (Wildman–Crippen LogP) is 1.34. The molecule has 0 amide bonds. The Morgan fingerprint density at radius 3 is 2.74 bits per heavy atom. The van der Waals surface area contributed by atoms with Crippen LogP contribution in [0.25, 0.3) is 0 Å². The van der Waals surface area contributed by atoms with Crippen molar-refractivity contribution < 1.29 is 9.53 Å². The first kappa shape index (κ1) is 15.3. The molecule has 1 N–H and O–H groups in total. The molecule has 0 spiro atoms. The van der Waals surface area contributed by atoms with Gasteiger partial charge in [0.1, 0.15) is 0 Å². The van der Waals surface area contributed by atoms with Crippen molar-refractivity contribution in [2.24, 2.45) is 11.8 Å². The number of nitrogens with zero attached hydrogens (tertiary/aromatic N) is 1. The van der Waals surface area contributed by atoms with Crippen molar-refractivity contribution in [3.05, 3.63) is 68.5 Å². The molecular weight excluding hydrogens is 296 g/mol. The van der Waals surface area contributed by atoms with Crippen molar-refractivity contribution in [1.29, 1.82) is 0 Å². The van der Waals surface area contributed by atoms with Gasteiger partial charge in [0.2, 0.25) is 0 Å². The van der Waals surface area contributed by atoms with Gasteiger partial charge in [-0.1, -0.05) is 18.2 Å². The van der Waals surface area contributed by atoms with Crippen LogP contribution in [0.2, 0.25) is 0 Å². The fourth-order valence-corrected chi connectivity index (χ4v) is 2.59. The van der Waals surface area contributed by atoms with Crippen LogP contribution in [0, 0.1) is 18.8 Å². The maximum absolute atomic E-state index is 11.9. The number of carbonyl (C=O) groups excluding carboxylic acids is 1. The summed E-state index contributed by atoms with van der Waals surface area (Å²) in [6.45, 7) is 2.56. The fraction of sp³-hybridized carbons (Fsp3) is 0.353. The number of carbonyl (C=O) groups is 1. The Kier molecular flexibility index (Phi) is 4.14. The molecule has 1 aliphatic carbocycles. The Bertz CT molecular complexity index is 822. The van der Waals surface area contributed by atoms with Crippen LogP contribution in [0.1, 0.15) is 22.3 Å². The van der Waals surface area contributed by atoms with Crippen LogP contribution in [0.15, 0.2) is 46.1 Å². The number of aromatic nitrogens is 2. The van der Waals surface area contributed by atoms with Crippen LogP contribution in [0.5, 0.6) is 0 Å². The quantitative estimate of drug-likeness (QED) is 0.844. The third kappa shape index (κ3) is 3.59. The smallest absolute Gasteiger partial charge is 0.338 e. The average Bonchev–Trinajstić information content (AvgIpc) is 3.29. The van der Waals surface area contributed by atoms with E-state index in [4.69, 9.17) is 4.74 Å². The molecule has 1 aromatic heterocycles. The van der Waals surface area contributed by atoms with E-state index in [1.165, 1.54) is 4.57 Å². The van der Waals surface area contributed by atoms with Crippen molar-refractivity contribution in [3.8, 4) is 0 Å². The van der Waals surface area contributed by atoms with Gasteiger partial charge in [-0.05, 0) is 37.3 Å². The summed E-state index contributed by atoms with van der Waals surface area (Å²) in [6.07, 6.45) is 2.49. The number of aromatic amines is 1. The van der Waals surface area contributed by atoms with Crippen LogP contribution >= 0.6 is 0 Å². The molecule has 1 heterocycles. The molecule has 120 valence electrons. The fourth-order valence-electron chi connectivity index (χ4n) is 2.59. The number of rotatable bonds is 5. The summed E-state index contributed by atoms with van der Waals surface area (Å²) >= 11 is 0. The van der Waals surface area contributed by atoms with E-state index in [0.29, 0.717) is 30.2 Å². The first-order valence-electron chi connectivity index (χ1n) is 7.57. The molecule has 0 saturated heterocycles. The lowest BCUT2D eigenvalue weighted by molar-refractivity contribution is 0.0479. The summed E-state index contributed by atoms with van der Waals surface area (Å²) in [4.78, 5) is 37.2. The summed E-state index contributed by atoms with van der Waals surface area (Å²) in [5, 5.41) is 0. The third-order valence-electron chi connectivity index (χ3n) is 4.13. The van der Waals surface area contributed by atoms with E-state index in [-0.39, 0.29) is 17.4 Å². The van der Waals surface area contributed by atoms with Crippen molar-refractivity contribution >= 4 is 5.97 Å². The second-order valence-electron chi connectivity index (χ2n) is 5.94. The predicted molar refractivity (Wildman–Crippen MR) is 84.4 cm³/mol. The molecule has 1 fully saturated rings. The summed E-state index contributed by atoms with van der Waals surface area (Å²) in [7, 11) is 0. The highest BCUT2D eigenvalue weighted by atomic mass is 16.5. The van der Waals surface area contributed by atoms with Crippen molar-refractivity contribution in [2.75, 3.05) is 6.61 Å². The van der Waals surface area contributed by atoms with E-state index in [1.54, 1.807) is 37.4 Å². The Balaban J connectivity index is 1.53. The van der Waals surface area contributed by atoms with Gasteiger partial charge in [-0.25, -0.2) is 9.59 Å². The zero-order valence-corrected chi connectivity index (χ0v) is 12.8. The molecule has 1 aromatic carbocycles. The molecule has 6 nitrogen and oxygen atoms in total. The van der Waals surface area contributed by atoms with Crippen molar-refractivity contribution in [2.45, 2.75) is 19.9 Å². The first-order valence-corrected chi connectivity index (χ1v) is 7.57. The van der Waals surface area contributed by atoms with Gasteiger partial charge in [-0.15, -0.1) is 0 Å². The standard InChI is InChI=1S/C17H18N2O4/c1-11-8-19(17(22)18-15(11)20)9-13-7-14(13)10-23-16(21)12-5-3-2-4-6-12/h2-6,8,13-14H,7,9-10H2,1H3,(H,18,20,22). The summed E-state index contributed by atoms with van der Waals surface area (Å²) < 4.78 is 6.82. The molecule has 23 heavy (non-hydrogen) atoms. The number of H-pyrrole nitrogens is 1. The van der Waals surface area contributed by atoms with Gasteiger partial charge >= 0.3 is 11.7 Å². The SMILES string of the molecule is Cc1cn(CC2CC2COC(=O)c2ccccc2)c(=O)[nH]c1=O. The highest BCUT2D eigenvalue weighted by Gasteiger charge is 2.38. The monoisotopic (exact) mass is 314 g/mol. The van der Waals surface area contributed by atoms with Gasteiger partial charge in [0.15, 0.2) is 0 Å². The minimum atomic E-state index is -0.396. The van der Waals surface area contributed by atoms with Crippen LogP contribution < -0.4 is 11.2 Å². The van der Waals surface area contributed by atoms with E-state index < -0.39 is 5.69 Å². The van der Waals surface area contributed by atoms with Crippen molar-refractivity contribution in [1.82, 2.24) is 9.55 Å². The van der Waals surface area contributed by atoms with Crippen LogP contribution in [-0.4, -0.2) is 22.1 Å². The Labute approximate surface area is 132 Å². The van der Waals surface area contributed by atoms with Crippen LogP contribution in [0.4, 0.5) is 0 Å². The number of aryl methyl sites for hydroxylation is 1. The molecule has 2 aromatic rings. The van der Waals surface area contributed by atoms with Gasteiger partial charge in [-0.2, -0.15) is 0 Å². The van der Waals surface area contributed by atoms with E-state index in [9.17, 15) is 14.4 Å². The molecule has 3 rings (SSSR count). The molecule has 6 heteroatoms. The van der Waals surface area contributed by atoms with Gasteiger partial charge in [0.05, 0.1) is 12.2 Å². The number of nitrogens with one attached hydrogen (secondary N) is 1. The normalized spacial score (nSPS) is 19.3. The molecule has 2 unspecified atom stereocenters. The third-order valence-corrected chi connectivity index (χ3v) is 4.13. The van der Waals surface area contributed by atoms with E-state index in [2.05, 4.69) is 4.98 Å². The zero-order chi connectivity index (χ0) is 16.4.